The van der Waals surface area contributed by atoms with E-state index in [4.69, 9.17) is 9.47 Å². The van der Waals surface area contributed by atoms with Crippen molar-refractivity contribution < 1.29 is 23.9 Å². The van der Waals surface area contributed by atoms with E-state index in [1.165, 1.54) is 12.0 Å². The minimum absolute atomic E-state index is 0.283. The molecule has 1 unspecified atom stereocenters. The molecule has 0 bridgehead atoms. The van der Waals surface area contributed by atoms with Crippen molar-refractivity contribution in [1.29, 1.82) is 0 Å². The molecule has 0 fully saturated rings. The maximum atomic E-state index is 12.9. The van der Waals surface area contributed by atoms with Crippen LogP contribution in [0.4, 0.5) is 10.5 Å². The lowest BCUT2D eigenvalue weighted by Gasteiger charge is -2.35. The smallest absolute Gasteiger partial charge is 0.338 e. The van der Waals surface area contributed by atoms with Crippen molar-refractivity contribution in [3.05, 3.63) is 70.9 Å². The van der Waals surface area contributed by atoms with Gasteiger partial charge in [-0.15, -0.1) is 0 Å². The zero-order valence-corrected chi connectivity index (χ0v) is 19.5. The number of methoxy groups -OCH3 is 1. The van der Waals surface area contributed by atoms with Crippen molar-refractivity contribution in [2.24, 2.45) is 0 Å². The zero-order chi connectivity index (χ0) is 24.1. The zero-order valence-electron chi connectivity index (χ0n) is 19.5. The Hall–Kier alpha value is -3.81. The molecule has 0 aromatic heterocycles. The summed E-state index contributed by atoms with van der Waals surface area (Å²) in [6.45, 7) is 7.57. The van der Waals surface area contributed by atoms with E-state index in [0.29, 0.717) is 40.4 Å². The molecule has 0 aliphatic carbocycles. The average Bonchev–Trinajstić information content (AvgIpc) is 2.78. The number of carbonyl (C=O) groups excluding carboxylic acids is 3. The first kappa shape index (κ1) is 23.8. The van der Waals surface area contributed by atoms with Gasteiger partial charge >= 0.3 is 12.0 Å². The predicted molar refractivity (Wildman–Crippen MR) is 125 cm³/mol. The third kappa shape index (κ3) is 5.16. The third-order valence-corrected chi connectivity index (χ3v) is 5.33. The van der Waals surface area contributed by atoms with Crippen LogP contribution in [0.2, 0.25) is 0 Å². The standard InChI is InChI=1S/C25H29N3O5/c1-6-28-16(4)21(24(30)33-15(2)3)22(27-25(28)31)17-11-13-18(14-12-17)26-23(29)19-9-7-8-10-20(19)32-5/h7-15,22H,6H2,1-5H3,(H,26,29)(H,27,31). The van der Waals surface area contributed by atoms with Crippen LogP contribution in [0, 0.1) is 0 Å². The molecule has 2 aromatic rings. The fourth-order valence-corrected chi connectivity index (χ4v) is 3.74. The largest absolute Gasteiger partial charge is 0.496 e. The number of para-hydroxylation sites is 1. The number of benzene rings is 2. The van der Waals surface area contributed by atoms with Gasteiger partial charge < -0.3 is 20.1 Å². The Kier molecular flexibility index (Phi) is 7.37. The average molecular weight is 452 g/mol. The van der Waals surface area contributed by atoms with Crippen LogP contribution < -0.4 is 15.4 Å². The lowest BCUT2D eigenvalue weighted by molar-refractivity contribution is -0.143. The number of nitrogens with zero attached hydrogens (tertiary/aromatic N) is 1. The van der Waals surface area contributed by atoms with E-state index in [0.717, 1.165) is 0 Å². The van der Waals surface area contributed by atoms with Gasteiger partial charge in [-0.3, -0.25) is 9.69 Å². The number of ether oxygens (including phenoxy) is 2. The van der Waals surface area contributed by atoms with E-state index >= 15 is 0 Å². The Labute approximate surface area is 193 Å². The Morgan fingerprint density at radius 3 is 2.39 bits per heavy atom. The molecule has 0 saturated carbocycles. The third-order valence-electron chi connectivity index (χ3n) is 5.33. The Morgan fingerprint density at radius 2 is 1.79 bits per heavy atom. The first-order valence-corrected chi connectivity index (χ1v) is 10.8. The van der Waals surface area contributed by atoms with Crippen molar-refractivity contribution in [2.45, 2.75) is 39.8 Å². The predicted octanol–water partition coefficient (Wildman–Crippen LogP) is 4.26. The number of allylic oxidation sites excluding steroid dienone is 1. The van der Waals surface area contributed by atoms with Crippen LogP contribution in [-0.4, -0.2) is 42.6 Å². The van der Waals surface area contributed by atoms with E-state index in [1.54, 1.807) is 69.3 Å². The summed E-state index contributed by atoms with van der Waals surface area (Å²) in [6.07, 6.45) is -0.293. The minimum Gasteiger partial charge on any atom is -0.496 e. The molecule has 3 rings (SSSR count). The maximum absolute atomic E-state index is 12.9. The molecule has 8 nitrogen and oxygen atoms in total. The molecule has 1 heterocycles. The molecule has 0 radical (unpaired) electrons. The molecule has 0 spiro atoms. The lowest BCUT2D eigenvalue weighted by atomic mass is 9.94. The minimum atomic E-state index is -0.662. The summed E-state index contributed by atoms with van der Waals surface area (Å²) >= 11 is 0. The number of esters is 1. The molecule has 2 N–H and O–H groups in total. The van der Waals surface area contributed by atoms with E-state index in [1.807, 2.05) is 6.92 Å². The summed E-state index contributed by atoms with van der Waals surface area (Å²) in [5.41, 5.74) is 2.63. The number of anilines is 1. The van der Waals surface area contributed by atoms with Crippen LogP contribution in [0.5, 0.6) is 5.75 Å². The fourth-order valence-electron chi connectivity index (χ4n) is 3.74. The van der Waals surface area contributed by atoms with Crippen molar-refractivity contribution in [3.63, 3.8) is 0 Å². The van der Waals surface area contributed by atoms with E-state index < -0.39 is 12.0 Å². The first-order chi connectivity index (χ1) is 15.8. The summed E-state index contributed by atoms with van der Waals surface area (Å²) in [5, 5.41) is 5.73. The monoisotopic (exact) mass is 451 g/mol. The normalized spacial score (nSPS) is 15.9. The molecule has 1 atom stereocenters. The van der Waals surface area contributed by atoms with Gasteiger partial charge in [0.1, 0.15) is 5.75 Å². The number of nitrogens with one attached hydrogen (secondary N) is 2. The number of urea groups is 1. The highest BCUT2D eigenvalue weighted by molar-refractivity contribution is 6.06. The van der Waals surface area contributed by atoms with Crippen molar-refractivity contribution in [1.82, 2.24) is 10.2 Å². The van der Waals surface area contributed by atoms with Gasteiger partial charge in [-0.25, -0.2) is 9.59 Å². The molecule has 3 amide bonds. The molecule has 1 aliphatic rings. The summed E-state index contributed by atoms with van der Waals surface area (Å²) in [4.78, 5) is 39.6. The molecule has 0 saturated heterocycles. The van der Waals surface area contributed by atoms with E-state index in [9.17, 15) is 14.4 Å². The number of hydrogen-bond donors (Lipinski definition) is 2. The number of carbonyl (C=O) groups is 3. The van der Waals surface area contributed by atoms with E-state index in [2.05, 4.69) is 10.6 Å². The van der Waals surface area contributed by atoms with Crippen LogP contribution in [0.25, 0.3) is 0 Å². The molecular weight excluding hydrogens is 422 g/mol. The Morgan fingerprint density at radius 1 is 1.12 bits per heavy atom. The quantitative estimate of drug-likeness (QED) is 0.613. The van der Waals surface area contributed by atoms with Gasteiger partial charge in [-0.2, -0.15) is 0 Å². The molecule has 33 heavy (non-hydrogen) atoms. The maximum Gasteiger partial charge on any atom is 0.338 e. The lowest BCUT2D eigenvalue weighted by Crippen LogP contribution is -2.48. The SMILES string of the molecule is CCN1C(=O)NC(c2ccc(NC(=O)c3ccccc3OC)cc2)C(C(=O)OC(C)C)=C1C. The Bertz CT molecular complexity index is 1080. The molecule has 2 aromatic carbocycles. The second kappa shape index (κ2) is 10.2. The molecular formula is C25H29N3O5. The van der Waals surface area contributed by atoms with Crippen LogP contribution >= 0.6 is 0 Å². The summed E-state index contributed by atoms with van der Waals surface area (Å²) < 4.78 is 10.7. The van der Waals surface area contributed by atoms with Gasteiger partial charge in [-0.05, 0) is 57.5 Å². The molecule has 8 heteroatoms. The topological polar surface area (TPSA) is 97.0 Å². The number of hydrogen-bond acceptors (Lipinski definition) is 5. The summed E-state index contributed by atoms with van der Waals surface area (Å²) in [5.74, 6) is -0.299. The van der Waals surface area contributed by atoms with Crippen LogP contribution in [-0.2, 0) is 9.53 Å². The highest BCUT2D eigenvalue weighted by Gasteiger charge is 2.36. The van der Waals surface area contributed by atoms with Gasteiger partial charge in [0.15, 0.2) is 0 Å². The van der Waals surface area contributed by atoms with Crippen LogP contribution in [0.3, 0.4) is 0 Å². The second-order valence-electron chi connectivity index (χ2n) is 7.86. The van der Waals surface area contributed by atoms with Crippen molar-refractivity contribution in [2.75, 3.05) is 19.0 Å². The summed E-state index contributed by atoms with van der Waals surface area (Å²) in [6, 6.07) is 13.0. The van der Waals surface area contributed by atoms with Crippen molar-refractivity contribution in [3.8, 4) is 5.75 Å². The Balaban J connectivity index is 1.87. The van der Waals surface area contributed by atoms with Gasteiger partial charge in [0.05, 0.1) is 30.4 Å². The van der Waals surface area contributed by atoms with E-state index in [-0.39, 0.29) is 18.0 Å². The van der Waals surface area contributed by atoms with Crippen molar-refractivity contribution >= 4 is 23.6 Å². The number of amides is 3. The van der Waals surface area contributed by atoms with Crippen LogP contribution in [0.1, 0.15) is 49.7 Å². The number of rotatable bonds is 7. The van der Waals surface area contributed by atoms with Crippen LogP contribution in [0.15, 0.2) is 59.8 Å². The molecule has 174 valence electrons. The highest BCUT2D eigenvalue weighted by atomic mass is 16.5. The summed E-state index contributed by atoms with van der Waals surface area (Å²) in [7, 11) is 1.51. The van der Waals surface area contributed by atoms with Gasteiger partial charge in [0, 0.05) is 17.9 Å². The fraction of sp³-hybridized carbons (Fsp3) is 0.320. The first-order valence-electron chi connectivity index (χ1n) is 10.8. The highest BCUT2D eigenvalue weighted by Crippen LogP contribution is 2.32. The van der Waals surface area contributed by atoms with Gasteiger partial charge in [-0.1, -0.05) is 24.3 Å². The second-order valence-corrected chi connectivity index (χ2v) is 7.86. The van der Waals surface area contributed by atoms with Gasteiger partial charge in [0.2, 0.25) is 0 Å². The van der Waals surface area contributed by atoms with Gasteiger partial charge in [0.25, 0.3) is 5.91 Å². The molecule has 1 aliphatic heterocycles.